The molecule has 4 aromatic rings. The quantitative estimate of drug-likeness (QED) is 0.151. The number of nitrogens with one attached hydrogen (secondary N) is 1. The minimum Gasteiger partial charge on any atom is -0.457 e. The number of carbonyl (C=O) groups is 1. The van der Waals surface area contributed by atoms with E-state index in [0.29, 0.717) is 33.8 Å². The lowest BCUT2D eigenvalue weighted by molar-refractivity contribution is -0.286. The highest BCUT2D eigenvalue weighted by molar-refractivity contribution is 6.30. The predicted octanol–water partition coefficient (Wildman–Crippen LogP) is 9.42. The van der Waals surface area contributed by atoms with Gasteiger partial charge in [0.25, 0.3) is 0 Å². The summed E-state index contributed by atoms with van der Waals surface area (Å²) in [5.74, 6) is -1.37. The molecule has 14 heteroatoms. The first-order valence-electron chi connectivity index (χ1n) is 14.5. The van der Waals surface area contributed by atoms with Crippen molar-refractivity contribution in [3.63, 3.8) is 0 Å². The zero-order chi connectivity index (χ0) is 35.6. The van der Waals surface area contributed by atoms with Crippen LogP contribution in [0.1, 0.15) is 31.1 Å². The van der Waals surface area contributed by atoms with Crippen LogP contribution >= 0.6 is 11.6 Å². The lowest BCUT2D eigenvalue weighted by atomic mass is 10.0. The number of H-pyrrole nitrogens is 1. The number of aromatic amines is 1. The van der Waals surface area contributed by atoms with Crippen molar-refractivity contribution in [2.45, 2.75) is 32.4 Å². The van der Waals surface area contributed by atoms with Crippen LogP contribution in [-0.4, -0.2) is 23.4 Å². The van der Waals surface area contributed by atoms with Gasteiger partial charge in [-0.15, -0.1) is 8.78 Å². The van der Waals surface area contributed by atoms with E-state index >= 15 is 0 Å². The third-order valence-corrected chi connectivity index (χ3v) is 8.18. The van der Waals surface area contributed by atoms with E-state index < -0.39 is 46.8 Å². The summed E-state index contributed by atoms with van der Waals surface area (Å²) in [6.07, 6.45) is -5.70. The second-order valence-electron chi connectivity index (χ2n) is 11.5. The number of benzene rings is 3. The molecule has 252 valence electrons. The smallest absolute Gasteiger partial charge is 0.457 e. The molecular weight excluding hydrogens is 673 g/mol. The van der Waals surface area contributed by atoms with E-state index in [1.54, 1.807) is 68.6 Å². The van der Waals surface area contributed by atoms with Crippen molar-refractivity contribution in [2.24, 2.45) is 17.3 Å². The molecule has 0 saturated heterocycles. The van der Waals surface area contributed by atoms with E-state index in [2.05, 4.69) is 14.5 Å². The number of hydrogen-bond donors (Lipinski definition) is 1. The molecule has 1 aromatic heterocycles. The normalized spacial score (nSPS) is 18.9. The Morgan fingerprint density at radius 2 is 1.67 bits per heavy atom. The Morgan fingerprint density at radius 1 is 0.980 bits per heavy atom. The number of para-hydroxylation sites is 2. The molecule has 1 aliphatic heterocycles. The van der Waals surface area contributed by atoms with Crippen molar-refractivity contribution in [1.29, 1.82) is 10.5 Å². The molecule has 49 heavy (non-hydrogen) atoms. The Bertz CT molecular complexity index is 1960. The first kappa shape index (κ1) is 34.8. The number of ether oxygens (including phenoxy) is 4. The molecule has 3 aromatic carbocycles. The summed E-state index contributed by atoms with van der Waals surface area (Å²) in [5.41, 5.74) is 0.865. The second kappa shape index (κ2) is 13.5. The Hall–Kier alpha value is -5.53. The third kappa shape index (κ3) is 7.79. The predicted molar refractivity (Wildman–Crippen MR) is 165 cm³/mol. The van der Waals surface area contributed by atoms with Crippen molar-refractivity contribution in [2.75, 3.05) is 0 Å². The van der Waals surface area contributed by atoms with E-state index in [9.17, 15) is 32.0 Å². The fraction of sp³-hybridized carbons (Fsp3) is 0.229. The summed E-state index contributed by atoms with van der Waals surface area (Å²) >= 11 is 5.32. The minimum absolute atomic E-state index is 0.0393. The molecule has 1 fully saturated rings. The average Bonchev–Trinajstić information content (AvgIpc) is 3.35. The number of esters is 1. The SMILES string of the molecule is CC1(C)[C@H](C(=O)OC(C#N)c2cccc(Oc3ccccc3)c2)[C@@H]1/C=C(\Cl)C(F)(F)F.N#Cc1c[nH]cc1-c1cccc2c1OC(F)(F)O2. The zero-order valence-electron chi connectivity index (χ0n) is 25.6. The molecule has 0 radical (unpaired) electrons. The van der Waals surface area contributed by atoms with Gasteiger partial charge in [0.1, 0.15) is 28.7 Å². The lowest BCUT2D eigenvalue weighted by Crippen LogP contribution is -2.26. The maximum absolute atomic E-state index is 13.0. The van der Waals surface area contributed by atoms with Crippen LogP contribution in [0, 0.1) is 39.9 Å². The summed E-state index contributed by atoms with van der Waals surface area (Å²) in [6, 6.07) is 24.0. The summed E-state index contributed by atoms with van der Waals surface area (Å²) in [6.45, 7) is 3.30. The van der Waals surface area contributed by atoms with Gasteiger partial charge in [-0.25, -0.2) is 0 Å². The molecule has 1 saturated carbocycles. The summed E-state index contributed by atoms with van der Waals surface area (Å²) in [7, 11) is 0. The zero-order valence-corrected chi connectivity index (χ0v) is 26.4. The van der Waals surface area contributed by atoms with Crippen LogP contribution in [0.4, 0.5) is 22.0 Å². The molecule has 1 aliphatic carbocycles. The van der Waals surface area contributed by atoms with Gasteiger partial charge >= 0.3 is 18.4 Å². The van der Waals surface area contributed by atoms with Crippen molar-refractivity contribution >= 4 is 17.6 Å². The van der Waals surface area contributed by atoms with Crippen LogP contribution in [0.2, 0.25) is 0 Å². The van der Waals surface area contributed by atoms with Crippen LogP contribution in [0.25, 0.3) is 11.1 Å². The highest BCUT2D eigenvalue weighted by Crippen LogP contribution is 2.61. The number of fused-ring (bicyclic) bond motifs is 1. The summed E-state index contributed by atoms with van der Waals surface area (Å²) < 4.78 is 84.1. The minimum atomic E-state index is -4.68. The molecule has 0 amide bonds. The summed E-state index contributed by atoms with van der Waals surface area (Å²) in [4.78, 5) is 15.4. The molecule has 8 nitrogen and oxygen atoms in total. The molecule has 1 N–H and O–H groups in total. The van der Waals surface area contributed by atoms with Gasteiger partial charge in [-0.1, -0.05) is 74.0 Å². The molecule has 2 aliphatic rings. The molecule has 6 rings (SSSR count). The summed E-state index contributed by atoms with van der Waals surface area (Å²) in [5, 5.41) is 17.2. The van der Waals surface area contributed by atoms with Crippen molar-refractivity contribution in [3.8, 4) is 46.3 Å². The van der Waals surface area contributed by atoms with E-state index in [0.717, 1.165) is 6.08 Å². The fourth-order valence-corrected chi connectivity index (χ4v) is 5.41. The number of aromatic nitrogens is 1. The molecule has 0 bridgehead atoms. The number of nitriles is 2. The maximum Gasteiger partial charge on any atom is 0.586 e. The second-order valence-corrected chi connectivity index (χ2v) is 11.9. The maximum atomic E-state index is 13.0. The largest absolute Gasteiger partial charge is 0.586 e. The van der Waals surface area contributed by atoms with Crippen molar-refractivity contribution < 1.29 is 45.7 Å². The Kier molecular flexibility index (Phi) is 9.61. The number of nitrogens with zero attached hydrogens (tertiary/aromatic N) is 2. The van der Waals surface area contributed by atoms with Crippen LogP contribution in [-0.2, 0) is 9.53 Å². The van der Waals surface area contributed by atoms with Crippen LogP contribution in [0.5, 0.6) is 23.0 Å². The van der Waals surface area contributed by atoms with Crippen LogP contribution in [0.3, 0.4) is 0 Å². The molecule has 0 spiro atoms. The number of carbonyl (C=O) groups excluding carboxylic acids is 1. The standard InChI is InChI=1S/C23H19ClF3NO3.C12H6F2N2O2/c1-22(2)17(12-19(24)23(25,26)27)20(22)21(29)31-18(13-28)14-7-6-10-16(11-14)30-15-8-4-3-5-9-15;13-12(14)17-10-3-1-2-8(11(10)18-12)9-6-16-5-7(9)4-15/h3-12,17-18,20H,1-2H3;1-3,5-6,16H/b19-12-;/t17-,18?,20-;/m0./s1. The lowest BCUT2D eigenvalue weighted by Gasteiger charge is -2.13. The molecular formula is C35H25ClF5N3O5. The first-order chi connectivity index (χ1) is 23.1. The van der Waals surface area contributed by atoms with Gasteiger partial charge in [0.2, 0.25) is 6.10 Å². The van der Waals surface area contributed by atoms with Gasteiger partial charge in [0.05, 0.1) is 11.5 Å². The van der Waals surface area contributed by atoms with E-state index in [4.69, 9.17) is 26.3 Å². The fourth-order valence-electron chi connectivity index (χ4n) is 5.28. The van der Waals surface area contributed by atoms with Gasteiger partial charge in [0.15, 0.2) is 11.5 Å². The number of allylic oxidation sites excluding steroid dienone is 2. The van der Waals surface area contributed by atoms with Gasteiger partial charge in [-0.3, -0.25) is 4.79 Å². The topological polar surface area (TPSA) is 117 Å². The number of halogens is 6. The number of alkyl halides is 5. The number of hydrogen-bond acceptors (Lipinski definition) is 7. The van der Waals surface area contributed by atoms with Gasteiger partial charge < -0.3 is 23.9 Å². The monoisotopic (exact) mass is 697 g/mol. The molecule has 1 unspecified atom stereocenters. The van der Waals surface area contributed by atoms with E-state index in [1.165, 1.54) is 12.3 Å². The molecule has 3 atom stereocenters. The van der Waals surface area contributed by atoms with E-state index in [1.807, 2.05) is 30.3 Å². The van der Waals surface area contributed by atoms with Crippen LogP contribution < -0.4 is 14.2 Å². The average molecular weight is 698 g/mol. The highest BCUT2D eigenvalue weighted by atomic mass is 35.5. The van der Waals surface area contributed by atoms with Crippen LogP contribution in [0.15, 0.2) is 96.3 Å². The van der Waals surface area contributed by atoms with E-state index in [-0.39, 0.29) is 11.5 Å². The van der Waals surface area contributed by atoms with Gasteiger partial charge in [-0.2, -0.15) is 23.7 Å². The van der Waals surface area contributed by atoms with Crippen molar-refractivity contribution in [3.05, 3.63) is 107 Å². The van der Waals surface area contributed by atoms with Gasteiger partial charge in [0, 0.05) is 29.1 Å². The molecule has 2 heterocycles. The first-order valence-corrected chi connectivity index (χ1v) is 14.9. The van der Waals surface area contributed by atoms with Crippen molar-refractivity contribution in [1.82, 2.24) is 4.98 Å². The highest BCUT2D eigenvalue weighted by Gasteiger charge is 2.62. The number of rotatable bonds is 7. The Labute approximate surface area is 281 Å². The van der Waals surface area contributed by atoms with Gasteiger partial charge in [-0.05, 0) is 41.7 Å². The Balaban J connectivity index is 0.000000219. The Morgan fingerprint density at radius 3 is 2.35 bits per heavy atom. The third-order valence-electron chi connectivity index (χ3n) is 7.84.